The Morgan fingerprint density at radius 2 is 2.28 bits per heavy atom. The number of nitrogens with two attached hydrogens (primary N) is 1. The summed E-state index contributed by atoms with van der Waals surface area (Å²) in [6, 6.07) is 3.23. The van der Waals surface area contributed by atoms with Gasteiger partial charge in [-0.15, -0.1) is 0 Å². The van der Waals surface area contributed by atoms with Crippen molar-refractivity contribution in [2.75, 3.05) is 18.6 Å². The first-order valence-corrected chi connectivity index (χ1v) is 7.48. The Morgan fingerprint density at radius 3 is 2.78 bits per heavy atom. The van der Waals surface area contributed by atoms with Crippen molar-refractivity contribution >= 4 is 33.9 Å². The van der Waals surface area contributed by atoms with E-state index in [0.717, 1.165) is 0 Å². The average Bonchev–Trinajstić information content (AvgIpc) is 2.34. The number of amides is 1. The van der Waals surface area contributed by atoms with Gasteiger partial charge in [-0.25, -0.2) is 0 Å². The Morgan fingerprint density at radius 1 is 1.56 bits per heavy atom. The molecular weight excluding hydrogens is 270 g/mol. The molecule has 0 radical (unpaired) electrons. The first-order valence-electron chi connectivity index (χ1n) is 5.35. The maximum absolute atomic E-state index is 11.7. The molecule has 0 fully saturated rings. The van der Waals surface area contributed by atoms with Crippen LogP contribution in [0.4, 0.5) is 0 Å². The molecule has 1 rings (SSSR count). The van der Waals surface area contributed by atoms with Gasteiger partial charge in [0.15, 0.2) is 0 Å². The number of nitrogens with one attached hydrogen (secondary N) is 1. The van der Waals surface area contributed by atoms with Gasteiger partial charge in [0.2, 0.25) is 0 Å². The monoisotopic (exact) mass is 285 g/mol. The van der Waals surface area contributed by atoms with E-state index < -0.39 is 10.8 Å². The highest BCUT2D eigenvalue weighted by molar-refractivity contribution is 7.84. The normalized spacial score (nSPS) is 11.8. The lowest BCUT2D eigenvalue weighted by Gasteiger charge is -2.04. The van der Waals surface area contributed by atoms with E-state index in [1.165, 1.54) is 6.20 Å². The molecule has 7 heteroatoms. The van der Waals surface area contributed by atoms with Gasteiger partial charge >= 0.3 is 0 Å². The fourth-order valence-corrected chi connectivity index (χ4v) is 1.91. The number of thiocarbonyl (C=S) groups is 1. The van der Waals surface area contributed by atoms with Gasteiger partial charge < -0.3 is 11.1 Å². The summed E-state index contributed by atoms with van der Waals surface area (Å²) >= 11 is 4.79. The van der Waals surface area contributed by atoms with Crippen molar-refractivity contribution in [3.63, 3.8) is 0 Å². The summed E-state index contributed by atoms with van der Waals surface area (Å²) < 4.78 is 10.8. The number of carbonyl (C=O) groups excluding carboxylic acids is 1. The van der Waals surface area contributed by atoms with E-state index in [1.807, 2.05) is 0 Å². The molecule has 0 aromatic carbocycles. The van der Waals surface area contributed by atoms with Crippen LogP contribution < -0.4 is 11.1 Å². The highest BCUT2D eigenvalue weighted by atomic mass is 32.2. The lowest BCUT2D eigenvalue weighted by molar-refractivity contribution is 0.0949. The van der Waals surface area contributed by atoms with Gasteiger partial charge in [0, 0.05) is 41.1 Å². The fourth-order valence-electron chi connectivity index (χ4n) is 1.24. The first kappa shape index (κ1) is 14.7. The summed E-state index contributed by atoms with van der Waals surface area (Å²) in [5, 5.41) is 2.70. The Bertz CT molecular complexity index is 460. The molecule has 0 saturated heterocycles. The van der Waals surface area contributed by atoms with Crippen LogP contribution in [0.5, 0.6) is 0 Å². The summed E-state index contributed by atoms with van der Waals surface area (Å²) in [4.78, 5) is 15.9. The minimum Gasteiger partial charge on any atom is -0.389 e. The summed E-state index contributed by atoms with van der Waals surface area (Å²) in [6.07, 6.45) is 3.79. The molecule has 1 amide bonds. The van der Waals surface area contributed by atoms with Gasteiger partial charge in [0.05, 0.1) is 0 Å². The number of hydrogen-bond acceptors (Lipinski definition) is 4. The summed E-state index contributed by atoms with van der Waals surface area (Å²) in [7, 11) is -0.828. The van der Waals surface area contributed by atoms with Gasteiger partial charge in [-0.1, -0.05) is 12.2 Å². The minimum absolute atomic E-state index is 0.250. The zero-order chi connectivity index (χ0) is 13.5. The Labute approximate surface area is 114 Å². The third-order valence-corrected chi connectivity index (χ3v) is 3.27. The predicted molar refractivity (Wildman–Crippen MR) is 76.0 cm³/mol. The molecule has 1 atom stereocenters. The molecule has 0 aliphatic rings. The first-order chi connectivity index (χ1) is 8.50. The van der Waals surface area contributed by atoms with E-state index in [9.17, 15) is 9.00 Å². The molecule has 1 aromatic rings. The van der Waals surface area contributed by atoms with Crippen molar-refractivity contribution in [2.24, 2.45) is 5.73 Å². The van der Waals surface area contributed by atoms with Gasteiger partial charge in [-0.2, -0.15) is 0 Å². The van der Waals surface area contributed by atoms with Gasteiger partial charge in [0.25, 0.3) is 5.91 Å². The number of pyridine rings is 1. The molecular formula is C11H15N3O2S2. The molecule has 0 saturated carbocycles. The Hall–Kier alpha value is -1.34. The number of aromatic nitrogens is 1. The number of hydrogen-bond donors (Lipinski definition) is 2. The van der Waals surface area contributed by atoms with E-state index in [2.05, 4.69) is 10.3 Å². The second kappa shape index (κ2) is 7.17. The lowest BCUT2D eigenvalue weighted by atomic mass is 10.2. The highest BCUT2D eigenvalue weighted by Crippen LogP contribution is 2.00. The second-order valence-electron chi connectivity index (χ2n) is 3.68. The Kier molecular flexibility index (Phi) is 5.87. The lowest BCUT2D eigenvalue weighted by Crippen LogP contribution is -2.26. The zero-order valence-corrected chi connectivity index (χ0v) is 11.6. The summed E-state index contributed by atoms with van der Waals surface area (Å²) in [5.74, 6) is 0.319. The summed E-state index contributed by atoms with van der Waals surface area (Å²) in [6.45, 7) is 0.483. The van der Waals surface area contributed by atoms with Crippen LogP contribution in [-0.2, 0) is 10.8 Å². The maximum atomic E-state index is 11.7. The minimum atomic E-state index is -0.828. The van der Waals surface area contributed by atoms with Crippen molar-refractivity contribution < 1.29 is 9.00 Å². The van der Waals surface area contributed by atoms with Crippen LogP contribution in [0.3, 0.4) is 0 Å². The fraction of sp³-hybridized carbons (Fsp3) is 0.364. The third-order valence-electron chi connectivity index (χ3n) is 2.17. The molecule has 0 aliphatic carbocycles. The van der Waals surface area contributed by atoms with Crippen LogP contribution in [0.2, 0.25) is 0 Å². The van der Waals surface area contributed by atoms with Crippen molar-refractivity contribution in [3.8, 4) is 0 Å². The molecule has 18 heavy (non-hydrogen) atoms. The van der Waals surface area contributed by atoms with E-state index in [0.29, 0.717) is 30.0 Å². The molecule has 1 unspecified atom stereocenters. The van der Waals surface area contributed by atoms with Crippen molar-refractivity contribution in [3.05, 3.63) is 29.6 Å². The van der Waals surface area contributed by atoms with Crippen molar-refractivity contribution in [1.29, 1.82) is 0 Å². The van der Waals surface area contributed by atoms with Crippen LogP contribution in [0, 0.1) is 0 Å². The van der Waals surface area contributed by atoms with E-state index in [1.54, 1.807) is 18.4 Å². The molecule has 1 heterocycles. The third kappa shape index (κ3) is 4.89. The number of nitrogens with zero attached hydrogens (tertiary/aromatic N) is 1. The molecule has 0 bridgehead atoms. The van der Waals surface area contributed by atoms with Crippen LogP contribution in [0.1, 0.15) is 22.5 Å². The summed E-state index contributed by atoms with van der Waals surface area (Å²) in [5.41, 5.74) is 6.37. The molecule has 0 spiro atoms. The van der Waals surface area contributed by atoms with Crippen molar-refractivity contribution in [2.45, 2.75) is 6.42 Å². The number of carbonyl (C=O) groups is 1. The average molecular weight is 285 g/mol. The Balaban J connectivity index is 2.46. The predicted octanol–water partition coefficient (Wildman–Crippen LogP) is 0.214. The van der Waals surface area contributed by atoms with E-state index >= 15 is 0 Å². The number of rotatable bonds is 6. The standard InChI is InChI=1S/C11H15N3O2S2/c1-18(16)6-2-5-13-11(15)9-4-3-8(7-14-9)10(12)17/h3-4,7H,2,5-6H2,1H3,(H2,12,17)(H,13,15). The molecule has 1 aromatic heterocycles. The SMILES string of the molecule is CS(=O)CCCNC(=O)c1ccc(C(N)=S)cn1. The van der Waals surface area contributed by atoms with Crippen molar-refractivity contribution in [1.82, 2.24) is 10.3 Å². The molecule has 0 aliphatic heterocycles. The zero-order valence-electron chi connectivity index (χ0n) is 10.0. The maximum Gasteiger partial charge on any atom is 0.269 e. The smallest absolute Gasteiger partial charge is 0.269 e. The van der Waals surface area contributed by atoms with Gasteiger partial charge in [0.1, 0.15) is 10.7 Å². The largest absolute Gasteiger partial charge is 0.389 e. The van der Waals surface area contributed by atoms with E-state index in [-0.39, 0.29) is 10.9 Å². The quantitative estimate of drug-likeness (QED) is 0.577. The van der Waals surface area contributed by atoms with Crippen LogP contribution >= 0.6 is 12.2 Å². The van der Waals surface area contributed by atoms with E-state index in [4.69, 9.17) is 18.0 Å². The van der Waals surface area contributed by atoms with Gasteiger partial charge in [-0.05, 0) is 18.6 Å². The second-order valence-corrected chi connectivity index (χ2v) is 5.68. The highest BCUT2D eigenvalue weighted by Gasteiger charge is 2.06. The molecule has 98 valence electrons. The van der Waals surface area contributed by atoms with Crippen LogP contribution in [0.25, 0.3) is 0 Å². The van der Waals surface area contributed by atoms with Crippen LogP contribution in [-0.4, -0.2) is 38.6 Å². The molecule has 3 N–H and O–H groups in total. The topological polar surface area (TPSA) is 85.1 Å². The van der Waals surface area contributed by atoms with Gasteiger partial charge in [-0.3, -0.25) is 14.0 Å². The van der Waals surface area contributed by atoms with Crippen LogP contribution in [0.15, 0.2) is 18.3 Å². The molecule has 5 nitrogen and oxygen atoms in total.